The first-order valence-electron chi connectivity index (χ1n) is 9.58. The maximum absolute atomic E-state index is 13.5. The quantitative estimate of drug-likeness (QED) is 0.651. The maximum Gasteiger partial charge on any atom is 0.274 e. The number of hydrogen-bond donors (Lipinski definition) is 2. The van der Waals surface area contributed by atoms with Crippen molar-refractivity contribution in [1.82, 2.24) is 9.29 Å². The van der Waals surface area contributed by atoms with Gasteiger partial charge in [0.1, 0.15) is 5.82 Å². The smallest absolute Gasteiger partial charge is 0.274 e. The SMILES string of the molecule is C[C@@H]1N=C(c2ccc(F)cc2)c2ccc(CNS(N)(=O)=O)cc2-c2cn(C)c(=O)cc21. The van der Waals surface area contributed by atoms with E-state index < -0.39 is 10.2 Å². The van der Waals surface area contributed by atoms with Gasteiger partial charge in [-0.05, 0) is 53.9 Å². The van der Waals surface area contributed by atoms with E-state index in [2.05, 4.69) is 4.72 Å². The number of pyridine rings is 1. The van der Waals surface area contributed by atoms with E-state index >= 15 is 0 Å². The summed E-state index contributed by atoms with van der Waals surface area (Å²) in [4.78, 5) is 17.2. The predicted octanol–water partition coefficient (Wildman–Crippen LogP) is 2.40. The lowest BCUT2D eigenvalue weighted by Crippen LogP contribution is -2.30. The Morgan fingerprint density at radius 3 is 2.48 bits per heavy atom. The Morgan fingerprint density at radius 1 is 1.10 bits per heavy atom. The van der Waals surface area contributed by atoms with E-state index in [9.17, 15) is 17.6 Å². The van der Waals surface area contributed by atoms with Crippen LogP contribution in [0.1, 0.15) is 35.2 Å². The molecule has 9 heteroatoms. The summed E-state index contributed by atoms with van der Waals surface area (Å²) in [7, 11) is -2.17. The minimum absolute atomic E-state index is 0.0196. The minimum Gasteiger partial charge on any atom is -0.318 e. The molecule has 2 heterocycles. The van der Waals surface area contributed by atoms with Crippen LogP contribution in [0, 0.1) is 5.82 Å². The van der Waals surface area contributed by atoms with Gasteiger partial charge < -0.3 is 4.57 Å². The second-order valence-corrected chi connectivity index (χ2v) is 8.88. The first-order chi connectivity index (χ1) is 14.6. The Balaban J connectivity index is 1.95. The van der Waals surface area contributed by atoms with Crippen molar-refractivity contribution in [3.63, 3.8) is 0 Å². The third-order valence-corrected chi connectivity index (χ3v) is 5.80. The summed E-state index contributed by atoms with van der Waals surface area (Å²) in [5.74, 6) is -0.345. The monoisotopic (exact) mass is 440 g/mol. The maximum atomic E-state index is 13.5. The Bertz CT molecular complexity index is 1360. The zero-order valence-corrected chi connectivity index (χ0v) is 17.8. The van der Waals surface area contributed by atoms with Crippen LogP contribution in [0.2, 0.25) is 0 Å². The van der Waals surface area contributed by atoms with Crippen LogP contribution in [0.25, 0.3) is 11.1 Å². The summed E-state index contributed by atoms with van der Waals surface area (Å²) < 4.78 is 39.9. The second kappa shape index (κ2) is 7.84. The summed E-state index contributed by atoms with van der Waals surface area (Å²) in [5.41, 5.74) is 5.13. The Morgan fingerprint density at radius 2 is 1.81 bits per heavy atom. The number of hydrogen-bond acceptors (Lipinski definition) is 4. The molecule has 1 aliphatic heterocycles. The van der Waals surface area contributed by atoms with Crippen molar-refractivity contribution in [3.05, 3.63) is 93.2 Å². The molecule has 1 aliphatic rings. The average molecular weight is 441 g/mol. The molecular weight excluding hydrogens is 419 g/mol. The van der Waals surface area contributed by atoms with Crippen LogP contribution in [0.4, 0.5) is 4.39 Å². The molecule has 3 aromatic rings. The van der Waals surface area contributed by atoms with Crippen LogP contribution in [-0.2, 0) is 23.8 Å². The van der Waals surface area contributed by atoms with E-state index in [1.54, 1.807) is 37.5 Å². The highest BCUT2D eigenvalue weighted by Gasteiger charge is 2.24. The predicted molar refractivity (Wildman–Crippen MR) is 118 cm³/mol. The third-order valence-electron chi connectivity index (χ3n) is 5.26. The normalized spacial score (nSPS) is 15.6. The molecule has 0 saturated carbocycles. The minimum atomic E-state index is -3.84. The first-order valence-corrected chi connectivity index (χ1v) is 11.1. The number of rotatable bonds is 4. The molecule has 0 aliphatic carbocycles. The molecule has 0 saturated heterocycles. The van der Waals surface area contributed by atoms with Crippen LogP contribution in [0.15, 0.2) is 64.5 Å². The van der Waals surface area contributed by atoms with E-state index in [-0.39, 0.29) is 24.0 Å². The van der Waals surface area contributed by atoms with Crippen molar-refractivity contribution in [2.75, 3.05) is 0 Å². The van der Waals surface area contributed by atoms with Gasteiger partial charge in [-0.15, -0.1) is 0 Å². The van der Waals surface area contributed by atoms with E-state index in [0.717, 1.165) is 27.8 Å². The van der Waals surface area contributed by atoms with Crippen LogP contribution in [0.5, 0.6) is 0 Å². The summed E-state index contributed by atoms with van der Waals surface area (Å²) in [5, 5.41) is 5.06. The topological polar surface area (TPSA) is 107 Å². The average Bonchev–Trinajstić information content (AvgIpc) is 2.82. The highest BCUT2D eigenvalue weighted by Crippen LogP contribution is 2.37. The highest BCUT2D eigenvalue weighted by atomic mass is 32.2. The van der Waals surface area contributed by atoms with Gasteiger partial charge in [-0.1, -0.05) is 12.1 Å². The summed E-state index contributed by atoms with van der Waals surface area (Å²) in [6, 6.07) is 12.8. The van der Waals surface area contributed by atoms with Crippen molar-refractivity contribution in [2.45, 2.75) is 19.5 Å². The molecule has 0 fully saturated rings. The van der Waals surface area contributed by atoms with Crippen molar-refractivity contribution in [2.24, 2.45) is 17.2 Å². The summed E-state index contributed by atoms with van der Waals surface area (Å²) >= 11 is 0. The number of aryl methyl sites for hydroxylation is 1. The van der Waals surface area contributed by atoms with Crippen molar-refractivity contribution < 1.29 is 12.8 Å². The third kappa shape index (κ3) is 4.34. The molecule has 0 amide bonds. The van der Waals surface area contributed by atoms with E-state index in [1.807, 2.05) is 19.1 Å². The van der Waals surface area contributed by atoms with E-state index in [4.69, 9.17) is 10.1 Å². The molecule has 2 aromatic carbocycles. The van der Waals surface area contributed by atoms with Crippen LogP contribution >= 0.6 is 0 Å². The van der Waals surface area contributed by atoms with Gasteiger partial charge in [0.15, 0.2) is 0 Å². The molecule has 7 nitrogen and oxygen atoms in total. The zero-order chi connectivity index (χ0) is 22.3. The second-order valence-electron chi connectivity index (χ2n) is 7.50. The number of fused-ring (bicyclic) bond motifs is 3. The fourth-order valence-electron chi connectivity index (χ4n) is 3.70. The Kier molecular flexibility index (Phi) is 5.34. The van der Waals surface area contributed by atoms with Gasteiger partial charge in [0.2, 0.25) is 0 Å². The van der Waals surface area contributed by atoms with Gasteiger partial charge in [-0.3, -0.25) is 9.79 Å². The Hall–Kier alpha value is -3.14. The standard InChI is InChI=1S/C22H21FN4O3S/c1-13-18-10-21(28)27(2)12-20(18)19-9-14(11-25-31(24,29)30)3-8-17(19)22(26-13)15-4-6-16(23)7-5-15/h3-10,12-13,25H,11H2,1-2H3,(H2,24,29,30)/t13-/m0/s1. The molecule has 0 bridgehead atoms. The zero-order valence-electron chi connectivity index (χ0n) is 17.0. The molecule has 4 rings (SSSR count). The number of aliphatic imine (C=N–C) groups is 1. The lowest BCUT2D eigenvalue weighted by Gasteiger charge is -2.15. The lowest BCUT2D eigenvalue weighted by molar-refractivity contribution is 0.583. The highest BCUT2D eigenvalue weighted by molar-refractivity contribution is 7.87. The first kappa shape index (κ1) is 21.1. The molecule has 0 unspecified atom stereocenters. The lowest BCUT2D eigenvalue weighted by atomic mass is 9.91. The number of benzene rings is 2. The van der Waals surface area contributed by atoms with Gasteiger partial charge in [0.25, 0.3) is 15.8 Å². The van der Waals surface area contributed by atoms with Gasteiger partial charge in [-0.2, -0.15) is 13.1 Å². The molecule has 1 aromatic heterocycles. The van der Waals surface area contributed by atoms with Gasteiger partial charge in [-0.25, -0.2) is 9.53 Å². The summed E-state index contributed by atoms with van der Waals surface area (Å²) in [6.07, 6.45) is 1.76. The van der Waals surface area contributed by atoms with Crippen molar-refractivity contribution >= 4 is 15.9 Å². The fraction of sp³-hybridized carbons (Fsp3) is 0.182. The molecule has 160 valence electrons. The van der Waals surface area contributed by atoms with E-state index in [1.165, 1.54) is 16.7 Å². The van der Waals surface area contributed by atoms with Gasteiger partial charge in [0.05, 0.1) is 11.8 Å². The van der Waals surface area contributed by atoms with E-state index in [0.29, 0.717) is 11.3 Å². The molecule has 3 N–H and O–H groups in total. The van der Waals surface area contributed by atoms with Gasteiger partial charge >= 0.3 is 0 Å². The van der Waals surface area contributed by atoms with Crippen LogP contribution in [0.3, 0.4) is 0 Å². The molecular formula is C22H21FN4O3S. The number of nitrogens with one attached hydrogen (secondary N) is 1. The summed E-state index contributed by atoms with van der Waals surface area (Å²) in [6.45, 7) is 1.92. The Labute approximate surface area is 179 Å². The molecule has 31 heavy (non-hydrogen) atoms. The van der Waals surface area contributed by atoms with Crippen molar-refractivity contribution in [1.29, 1.82) is 0 Å². The molecule has 0 radical (unpaired) electrons. The number of halogens is 1. The van der Waals surface area contributed by atoms with Gasteiger partial charge in [0, 0.05) is 42.5 Å². The van der Waals surface area contributed by atoms with Crippen LogP contribution in [-0.4, -0.2) is 18.7 Å². The largest absolute Gasteiger partial charge is 0.318 e. The number of nitrogens with two attached hydrogens (primary N) is 1. The molecule has 1 atom stereocenters. The van der Waals surface area contributed by atoms with Crippen LogP contribution < -0.4 is 15.4 Å². The number of nitrogens with zero attached hydrogens (tertiary/aromatic N) is 2. The van der Waals surface area contributed by atoms with Crippen molar-refractivity contribution in [3.8, 4) is 11.1 Å². The fourth-order valence-corrected chi connectivity index (χ4v) is 4.07. The molecule has 0 spiro atoms. The number of aromatic nitrogens is 1.